The summed E-state index contributed by atoms with van der Waals surface area (Å²) in [6, 6.07) is 0. The zero-order valence-corrected chi connectivity index (χ0v) is 13.5. The van der Waals surface area contributed by atoms with Crippen molar-refractivity contribution in [2.75, 3.05) is 39.3 Å². The summed E-state index contributed by atoms with van der Waals surface area (Å²) in [6.45, 7) is 13.2. The van der Waals surface area contributed by atoms with E-state index in [4.69, 9.17) is 4.74 Å². The van der Waals surface area contributed by atoms with Crippen molar-refractivity contribution in [3.8, 4) is 0 Å². The average Bonchev–Trinajstić information content (AvgIpc) is 2.38. The van der Waals surface area contributed by atoms with Crippen molar-refractivity contribution in [2.24, 2.45) is 5.92 Å². The molecule has 1 aliphatic rings. The molecule has 0 saturated carbocycles. The molecule has 1 atom stereocenters. The topological polar surface area (TPSA) is 53.6 Å². The lowest BCUT2D eigenvalue weighted by molar-refractivity contribution is 0.0262. The molecule has 1 rings (SSSR count). The minimum atomic E-state index is -0.425. The molecule has 1 saturated heterocycles. The molecule has 1 aliphatic heterocycles. The van der Waals surface area contributed by atoms with Crippen molar-refractivity contribution in [2.45, 2.75) is 46.1 Å². The summed E-state index contributed by atoms with van der Waals surface area (Å²) in [7, 11) is 0. The molecule has 1 heterocycles. The number of hydrogen-bond acceptors (Lipinski definition) is 4. The van der Waals surface area contributed by atoms with Crippen LogP contribution in [0.1, 0.15) is 40.5 Å². The number of hydrogen-bond donors (Lipinski definition) is 2. The average molecular weight is 285 g/mol. The van der Waals surface area contributed by atoms with Gasteiger partial charge in [0.2, 0.25) is 0 Å². The molecule has 0 bridgehead atoms. The Bertz CT molecular complexity index is 283. The van der Waals surface area contributed by atoms with Crippen LogP contribution >= 0.6 is 0 Å². The van der Waals surface area contributed by atoms with Crippen LogP contribution < -0.4 is 10.6 Å². The highest BCUT2D eigenvalue weighted by atomic mass is 16.6. The summed E-state index contributed by atoms with van der Waals surface area (Å²) in [5.41, 5.74) is -0.425. The summed E-state index contributed by atoms with van der Waals surface area (Å²) in [5.74, 6) is 0.723. The third kappa shape index (κ3) is 7.10. The molecule has 20 heavy (non-hydrogen) atoms. The first-order chi connectivity index (χ1) is 9.42. The highest BCUT2D eigenvalue weighted by molar-refractivity contribution is 5.68. The number of carbonyl (C=O) groups excluding carboxylic acids is 1. The maximum absolute atomic E-state index is 12.0. The van der Waals surface area contributed by atoms with Crippen LogP contribution in [0.4, 0.5) is 4.79 Å². The Hall–Kier alpha value is -0.810. The molecule has 0 aromatic carbocycles. The van der Waals surface area contributed by atoms with E-state index in [0.29, 0.717) is 13.1 Å². The lowest BCUT2D eigenvalue weighted by Crippen LogP contribution is -2.42. The van der Waals surface area contributed by atoms with E-state index in [-0.39, 0.29) is 6.09 Å². The molecule has 0 aromatic rings. The molecule has 118 valence electrons. The Kier molecular flexibility index (Phi) is 7.30. The van der Waals surface area contributed by atoms with E-state index < -0.39 is 5.60 Å². The monoisotopic (exact) mass is 285 g/mol. The van der Waals surface area contributed by atoms with E-state index in [1.165, 1.54) is 12.8 Å². The van der Waals surface area contributed by atoms with Gasteiger partial charge in [-0.25, -0.2) is 4.79 Å². The second-order valence-electron chi connectivity index (χ2n) is 6.48. The molecule has 5 nitrogen and oxygen atoms in total. The molecular weight excluding hydrogens is 254 g/mol. The third-order valence-corrected chi connectivity index (χ3v) is 3.42. The van der Waals surface area contributed by atoms with Gasteiger partial charge in [-0.3, -0.25) is 0 Å². The fourth-order valence-corrected chi connectivity index (χ4v) is 2.32. The van der Waals surface area contributed by atoms with Gasteiger partial charge in [-0.1, -0.05) is 0 Å². The van der Waals surface area contributed by atoms with Crippen LogP contribution in [0, 0.1) is 5.92 Å². The van der Waals surface area contributed by atoms with Crippen LogP contribution in [-0.2, 0) is 4.74 Å². The number of amides is 1. The number of nitrogens with one attached hydrogen (secondary N) is 2. The normalized spacial score (nSPS) is 19.7. The van der Waals surface area contributed by atoms with Crippen LogP contribution in [0.5, 0.6) is 0 Å². The van der Waals surface area contributed by atoms with Gasteiger partial charge in [-0.05, 0) is 66.1 Å². The number of nitrogens with zero attached hydrogens (tertiary/aromatic N) is 1. The Morgan fingerprint density at radius 1 is 1.45 bits per heavy atom. The second-order valence-corrected chi connectivity index (χ2v) is 6.48. The summed E-state index contributed by atoms with van der Waals surface area (Å²) in [4.78, 5) is 13.7. The van der Waals surface area contributed by atoms with E-state index in [1.807, 2.05) is 27.7 Å². The molecule has 0 aliphatic carbocycles. The summed E-state index contributed by atoms with van der Waals surface area (Å²) in [5, 5.41) is 6.86. The van der Waals surface area contributed by atoms with Crippen molar-refractivity contribution >= 4 is 6.09 Å². The van der Waals surface area contributed by atoms with Crippen molar-refractivity contribution in [3.63, 3.8) is 0 Å². The fraction of sp³-hybridized carbons (Fsp3) is 0.933. The molecule has 0 spiro atoms. The molecule has 2 N–H and O–H groups in total. The van der Waals surface area contributed by atoms with E-state index >= 15 is 0 Å². The van der Waals surface area contributed by atoms with E-state index in [9.17, 15) is 4.79 Å². The van der Waals surface area contributed by atoms with Crippen molar-refractivity contribution < 1.29 is 9.53 Å². The SMILES string of the molecule is CCN(CCNCC1CCCNC1)C(=O)OC(C)(C)C. The van der Waals surface area contributed by atoms with Gasteiger partial charge in [-0.15, -0.1) is 0 Å². The first kappa shape index (κ1) is 17.2. The number of rotatable bonds is 6. The summed E-state index contributed by atoms with van der Waals surface area (Å²) in [6.07, 6.45) is 2.34. The van der Waals surface area contributed by atoms with Gasteiger partial charge in [0.1, 0.15) is 5.60 Å². The van der Waals surface area contributed by atoms with Crippen LogP contribution in [0.2, 0.25) is 0 Å². The van der Waals surface area contributed by atoms with Crippen LogP contribution in [-0.4, -0.2) is 55.9 Å². The predicted molar refractivity (Wildman–Crippen MR) is 81.9 cm³/mol. The van der Waals surface area contributed by atoms with Gasteiger partial charge >= 0.3 is 6.09 Å². The van der Waals surface area contributed by atoms with Crippen molar-refractivity contribution in [3.05, 3.63) is 0 Å². The highest BCUT2D eigenvalue weighted by Crippen LogP contribution is 2.10. The third-order valence-electron chi connectivity index (χ3n) is 3.42. The van der Waals surface area contributed by atoms with Crippen LogP contribution in [0.15, 0.2) is 0 Å². The van der Waals surface area contributed by atoms with Gasteiger partial charge < -0.3 is 20.3 Å². The second kappa shape index (κ2) is 8.47. The molecule has 0 aromatic heterocycles. The maximum Gasteiger partial charge on any atom is 0.410 e. The van der Waals surface area contributed by atoms with Crippen LogP contribution in [0.3, 0.4) is 0 Å². The zero-order valence-electron chi connectivity index (χ0n) is 13.5. The largest absolute Gasteiger partial charge is 0.444 e. The Labute approximate surface area is 123 Å². The van der Waals surface area contributed by atoms with E-state index in [1.54, 1.807) is 4.90 Å². The van der Waals surface area contributed by atoms with E-state index in [0.717, 1.165) is 32.1 Å². The smallest absolute Gasteiger partial charge is 0.410 e. The first-order valence-corrected chi connectivity index (χ1v) is 7.81. The molecule has 1 amide bonds. The number of ether oxygens (including phenoxy) is 1. The molecule has 1 unspecified atom stereocenters. The lowest BCUT2D eigenvalue weighted by atomic mass is 10.00. The predicted octanol–water partition coefficient (Wildman–Crippen LogP) is 1.83. The van der Waals surface area contributed by atoms with Crippen LogP contribution in [0.25, 0.3) is 0 Å². The summed E-state index contributed by atoms with van der Waals surface area (Å²) < 4.78 is 5.39. The number of piperidine rings is 1. The van der Waals surface area contributed by atoms with Crippen molar-refractivity contribution in [1.29, 1.82) is 0 Å². The Morgan fingerprint density at radius 2 is 2.20 bits per heavy atom. The standard InChI is InChI=1S/C15H31N3O2/c1-5-18(14(19)20-15(2,3)4)10-9-17-12-13-7-6-8-16-11-13/h13,16-17H,5-12H2,1-4H3. The highest BCUT2D eigenvalue weighted by Gasteiger charge is 2.20. The van der Waals surface area contributed by atoms with Gasteiger partial charge in [-0.2, -0.15) is 0 Å². The minimum absolute atomic E-state index is 0.221. The molecule has 1 fully saturated rings. The van der Waals surface area contributed by atoms with Gasteiger partial charge in [0.25, 0.3) is 0 Å². The lowest BCUT2D eigenvalue weighted by Gasteiger charge is -2.27. The molecule has 0 radical (unpaired) electrons. The van der Waals surface area contributed by atoms with Gasteiger partial charge in [0.05, 0.1) is 0 Å². The number of carbonyl (C=O) groups is 1. The molecular formula is C15H31N3O2. The first-order valence-electron chi connectivity index (χ1n) is 7.81. The Balaban J connectivity index is 2.18. The van der Waals surface area contributed by atoms with Gasteiger partial charge in [0.15, 0.2) is 0 Å². The Morgan fingerprint density at radius 3 is 2.75 bits per heavy atom. The van der Waals surface area contributed by atoms with E-state index in [2.05, 4.69) is 10.6 Å². The molecule has 5 heteroatoms. The van der Waals surface area contributed by atoms with Gasteiger partial charge in [0, 0.05) is 19.6 Å². The number of likely N-dealkylation sites (N-methyl/N-ethyl adjacent to an activating group) is 1. The fourth-order valence-electron chi connectivity index (χ4n) is 2.32. The van der Waals surface area contributed by atoms with Crippen molar-refractivity contribution in [1.82, 2.24) is 15.5 Å². The summed E-state index contributed by atoms with van der Waals surface area (Å²) >= 11 is 0. The maximum atomic E-state index is 12.0. The zero-order chi connectivity index (χ0) is 15.0. The minimum Gasteiger partial charge on any atom is -0.444 e. The quantitative estimate of drug-likeness (QED) is 0.731.